The number of halogens is 1. The van der Waals surface area contributed by atoms with E-state index >= 15 is 0 Å². The zero-order chi connectivity index (χ0) is 12.2. The molecule has 0 fully saturated rings. The van der Waals surface area contributed by atoms with Gasteiger partial charge in [-0.3, -0.25) is 9.98 Å². The van der Waals surface area contributed by atoms with Crippen LogP contribution in [-0.4, -0.2) is 26.5 Å². The summed E-state index contributed by atoms with van der Waals surface area (Å²) in [4.78, 5) is 7.87. The van der Waals surface area contributed by atoms with E-state index in [1.807, 2.05) is 12.2 Å². The molecule has 0 aliphatic carbocycles. The molecule has 88 valence electrons. The third-order valence-electron chi connectivity index (χ3n) is 1.54. The molecule has 5 heteroatoms. The van der Waals surface area contributed by atoms with E-state index in [0.717, 1.165) is 0 Å². The van der Waals surface area contributed by atoms with Crippen LogP contribution in [0.3, 0.4) is 0 Å². The predicted molar refractivity (Wildman–Crippen MR) is 72.0 cm³/mol. The summed E-state index contributed by atoms with van der Waals surface area (Å²) in [5, 5.41) is 3.30. The molecule has 0 saturated heterocycles. The lowest BCUT2D eigenvalue weighted by Gasteiger charge is -2.00. The van der Waals surface area contributed by atoms with Crippen molar-refractivity contribution in [3.05, 3.63) is 35.3 Å². The Hall–Kier alpha value is -1.36. The van der Waals surface area contributed by atoms with Crippen LogP contribution in [0.2, 0.25) is 0 Å². The summed E-state index contributed by atoms with van der Waals surface area (Å²) in [6.07, 6.45) is 9.39. The van der Waals surface area contributed by atoms with Crippen LogP contribution in [-0.2, 0) is 0 Å². The number of hydrogen-bond donors (Lipinski definition) is 2. The molecule has 16 heavy (non-hydrogen) atoms. The number of nitrogens with one attached hydrogen (secondary N) is 1. The zero-order valence-corrected chi connectivity index (χ0v) is 10.3. The van der Waals surface area contributed by atoms with E-state index in [1.54, 1.807) is 26.5 Å². The first kappa shape index (κ1) is 14.6. The van der Waals surface area contributed by atoms with Gasteiger partial charge in [-0.15, -0.1) is 12.6 Å². The lowest BCUT2D eigenvalue weighted by molar-refractivity contribution is 0.719. The van der Waals surface area contributed by atoms with Crippen molar-refractivity contribution in [1.82, 2.24) is 5.32 Å². The van der Waals surface area contributed by atoms with Gasteiger partial charge in [-0.25, -0.2) is 4.39 Å². The highest BCUT2D eigenvalue weighted by Crippen LogP contribution is 2.08. The third kappa shape index (κ3) is 7.00. The maximum Gasteiger partial charge on any atom is 0.0943 e. The fourth-order valence-corrected chi connectivity index (χ4v) is 0.941. The minimum atomic E-state index is 0.430. The van der Waals surface area contributed by atoms with E-state index in [-0.39, 0.29) is 0 Å². The van der Waals surface area contributed by atoms with E-state index in [0.29, 0.717) is 23.5 Å². The maximum atomic E-state index is 12.0. The molecule has 0 amide bonds. The summed E-state index contributed by atoms with van der Waals surface area (Å²) >= 11 is 4.12. The SMILES string of the molecule is CN=C/C=C\CC=NC(/C=C/F)=C(\S)NC. The number of nitrogens with zero attached hydrogens (tertiary/aromatic N) is 2. The first-order valence-electron chi connectivity index (χ1n) is 4.73. The van der Waals surface area contributed by atoms with E-state index in [2.05, 4.69) is 27.9 Å². The number of rotatable bonds is 6. The molecule has 0 aromatic carbocycles. The Kier molecular flexibility index (Phi) is 9.30. The van der Waals surface area contributed by atoms with Gasteiger partial charge in [0.05, 0.1) is 17.1 Å². The summed E-state index contributed by atoms with van der Waals surface area (Å²) in [6.45, 7) is 0. The average Bonchev–Trinajstić information content (AvgIpc) is 2.31. The van der Waals surface area contributed by atoms with Gasteiger partial charge in [-0.2, -0.15) is 0 Å². The first-order chi connectivity index (χ1) is 7.76. The lowest BCUT2D eigenvalue weighted by Crippen LogP contribution is -2.01. The molecular weight excluding hydrogens is 225 g/mol. The number of thiol groups is 1. The Morgan fingerprint density at radius 1 is 1.50 bits per heavy atom. The van der Waals surface area contributed by atoms with Gasteiger partial charge in [0, 0.05) is 32.9 Å². The Bertz CT molecular complexity index is 330. The molecule has 0 unspecified atom stereocenters. The van der Waals surface area contributed by atoms with Crippen molar-refractivity contribution < 1.29 is 4.39 Å². The van der Waals surface area contributed by atoms with Gasteiger partial charge >= 0.3 is 0 Å². The van der Waals surface area contributed by atoms with Crippen LogP contribution >= 0.6 is 12.6 Å². The van der Waals surface area contributed by atoms with Crippen LogP contribution in [0.5, 0.6) is 0 Å². The van der Waals surface area contributed by atoms with Gasteiger partial charge < -0.3 is 5.32 Å². The number of hydrogen-bond acceptors (Lipinski definition) is 4. The molecule has 0 aromatic heterocycles. The van der Waals surface area contributed by atoms with Gasteiger partial charge in [0.15, 0.2) is 0 Å². The van der Waals surface area contributed by atoms with E-state index < -0.39 is 0 Å². The third-order valence-corrected chi connectivity index (χ3v) is 2.00. The second-order valence-corrected chi connectivity index (χ2v) is 3.11. The smallest absolute Gasteiger partial charge is 0.0943 e. The van der Waals surface area contributed by atoms with Crippen LogP contribution < -0.4 is 5.32 Å². The van der Waals surface area contributed by atoms with E-state index in [4.69, 9.17) is 0 Å². The average molecular weight is 241 g/mol. The van der Waals surface area contributed by atoms with Crippen LogP contribution in [0.25, 0.3) is 0 Å². The zero-order valence-electron chi connectivity index (χ0n) is 9.39. The summed E-state index contributed by atoms with van der Waals surface area (Å²) in [7, 11) is 3.40. The van der Waals surface area contributed by atoms with Crippen molar-refractivity contribution in [3.63, 3.8) is 0 Å². The summed E-state index contributed by atoms with van der Waals surface area (Å²) in [5.41, 5.74) is 0.450. The molecule has 0 bridgehead atoms. The molecule has 0 atom stereocenters. The van der Waals surface area contributed by atoms with Crippen LogP contribution in [0, 0.1) is 0 Å². The van der Waals surface area contributed by atoms with Gasteiger partial charge in [0.2, 0.25) is 0 Å². The monoisotopic (exact) mass is 241 g/mol. The highest BCUT2D eigenvalue weighted by molar-refractivity contribution is 7.84. The molecule has 0 radical (unpaired) electrons. The minimum Gasteiger partial charge on any atom is -0.381 e. The van der Waals surface area contributed by atoms with Crippen molar-refractivity contribution in [2.24, 2.45) is 9.98 Å². The highest BCUT2D eigenvalue weighted by atomic mass is 32.1. The van der Waals surface area contributed by atoms with Crippen LogP contribution in [0.1, 0.15) is 6.42 Å². The van der Waals surface area contributed by atoms with Crippen LogP contribution in [0.15, 0.2) is 45.3 Å². The Labute approximate surface area is 101 Å². The fourth-order valence-electron chi connectivity index (χ4n) is 0.808. The minimum absolute atomic E-state index is 0.430. The Morgan fingerprint density at radius 2 is 2.25 bits per heavy atom. The lowest BCUT2D eigenvalue weighted by atomic mass is 10.4. The molecule has 0 aromatic rings. The summed E-state index contributed by atoms with van der Waals surface area (Å²) in [6, 6.07) is 0. The molecule has 0 rings (SSSR count). The second-order valence-electron chi connectivity index (χ2n) is 2.66. The largest absolute Gasteiger partial charge is 0.381 e. The highest BCUT2D eigenvalue weighted by Gasteiger charge is 1.94. The summed E-state index contributed by atoms with van der Waals surface area (Å²) in [5.74, 6) is 0. The molecule has 3 nitrogen and oxygen atoms in total. The van der Waals surface area contributed by atoms with E-state index in [9.17, 15) is 4.39 Å². The van der Waals surface area contributed by atoms with Gasteiger partial charge in [-0.1, -0.05) is 6.08 Å². The molecule has 1 N–H and O–H groups in total. The second kappa shape index (κ2) is 10.2. The Morgan fingerprint density at radius 3 is 2.81 bits per heavy atom. The van der Waals surface area contributed by atoms with Crippen molar-refractivity contribution >= 4 is 25.1 Å². The van der Waals surface area contributed by atoms with Crippen molar-refractivity contribution in [3.8, 4) is 0 Å². The molecule has 0 heterocycles. The molecule has 0 aliphatic heterocycles. The van der Waals surface area contributed by atoms with Crippen LogP contribution in [0.4, 0.5) is 4.39 Å². The summed E-state index contributed by atoms with van der Waals surface area (Å²) < 4.78 is 12.0. The van der Waals surface area contributed by atoms with Crippen molar-refractivity contribution in [2.75, 3.05) is 14.1 Å². The molecule has 0 aliphatic rings. The van der Waals surface area contributed by atoms with Crippen molar-refractivity contribution in [2.45, 2.75) is 6.42 Å². The molecular formula is C11H16FN3S. The van der Waals surface area contributed by atoms with E-state index in [1.165, 1.54) is 6.08 Å². The Balaban J connectivity index is 4.37. The first-order valence-corrected chi connectivity index (χ1v) is 5.18. The van der Waals surface area contributed by atoms with Crippen molar-refractivity contribution in [1.29, 1.82) is 0 Å². The molecule has 0 saturated carbocycles. The molecule has 0 spiro atoms. The quantitative estimate of drug-likeness (QED) is 0.418. The van der Waals surface area contributed by atoms with Gasteiger partial charge in [-0.05, 0) is 12.2 Å². The van der Waals surface area contributed by atoms with Gasteiger partial charge in [0.1, 0.15) is 0 Å². The number of allylic oxidation sites excluding steroid dienone is 3. The van der Waals surface area contributed by atoms with Gasteiger partial charge in [0.25, 0.3) is 0 Å². The fraction of sp³-hybridized carbons (Fsp3) is 0.273. The maximum absolute atomic E-state index is 12.0. The normalized spacial score (nSPS) is 14.5. The predicted octanol–water partition coefficient (Wildman–Crippen LogP) is 2.51. The topological polar surface area (TPSA) is 36.8 Å². The standard InChI is InChI=1S/C11H16FN3S/c1-13-8-4-3-5-9-15-10(6-7-12)11(16)14-2/h3-4,6-9,14,16H,5H2,1-2H3/b4-3-,7-6+,11-10-,13-8?,15-9?. The number of aliphatic imine (C=N–C) groups is 2.